The number of nitrogens with two attached hydrogens (primary N) is 1. The van der Waals surface area contributed by atoms with Crippen LogP contribution < -0.4 is 10.5 Å². The maximum absolute atomic E-state index is 12.7. The molecular formula is C16H19F3N2O3. The van der Waals surface area contributed by atoms with Gasteiger partial charge in [-0.25, -0.2) is 0 Å². The van der Waals surface area contributed by atoms with Crippen LogP contribution in [-0.4, -0.2) is 35.9 Å². The Labute approximate surface area is 137 Å². The Balaban J connectivity index is 2.04. The van der Waals surface area contributed by atoms with Crippen LogP contribution in [0.3, 0.4) is 0 Å². The minimum atomic E-state index is -4.49. The highest BCUT2D eigenvalue weighted by Gasteiger charge is 2.45. The first-order valence-electron chi connectivity index (χ1n) is 7.53. The first-order chi connectivity index (χ1) is 11.2. The van der Waals surface area contributed by atoms with Crippen LogP contribution in [0.1, 0.15) is 31.2 Å². The number of carbonyl (C=O) groups is 2. The third-order valence-electron chi connectivity index (χ3n) is 4.43. The van der Waals surface area contributed by atoms with E-state index in [2.05, 4.69) is 0 Å². The normalized spacial score (nSPS) is 16.7. The molecule has 0 aliphatic heterocycles. The Morgan fingerprint density at radius 3 is 2.46 bits per heavy atom. The monoisotopic (exact) mass is 344 g/mol. The molecule has 1 saturated carbocycles. The van der Waals surface area contributed by atoms with E-state index in [1.807, 2.05) is 0 Å². The van der Waals surface area contributed by atoms with Crippen molar-refractivity contribution < 1.29 is 27.5 Å². The molecule has 0 bridgehead atoms. The quantitative estimate of drug-likeness (QED) is 0.891. The number of rotatable bonds is 5. The SMILES string of the molecule is CN(C(=O)COc1cccc(C(F)(F)F)c1)C1(C(N)=O)CCCC1. The third-order valence-corrected chi connectivity index (χ3v) is 4.43. The van der Waals surface area contributed by atoms with Crippen LogP contribution >= 0.6 is 0 Å². The van der Waals surface area contributed by atoms with E-state index in [0.717, 1.165) is 25.0 Å². The second kappa shape index (κ2) is 6.70. The highest BCUT2D eigenvalue weighted by atomic mass is 19.4. The lowest BCUT2D eigenvalue weighted by Gasteiger charge is -2.35. The van der Waals surface area contributed by atoms with E-state index in [1.54, 1.807) is 0 Å². The highest BCUT2D eigenvalue weighted by Crippen LogP contribution is 2.34. The largest absolute Gasteiger partial charge is 0.484 e. The Hall–Kier alpha value is -2.25. The van der Waals surface area contributed by atoms with Gasteiger partial charge in [0.25, 0.3) is 5.91 Å². The van der Waals surface area contributed by atoms with Crippen LogP contribution in [0.2, 0.25) is 0 Å². The minimum Gasteiger partial charge on any atom is -0.484 e. The van der Waals surface area contributed by atoms with Crippen molar-refractivity contribution in [2.45, 2.75) is 37.4 Å². The van der Waals surface area contributed by atoms with E-state index >= 15 is 0 Å². The summed E-state index contributed by atoms with van der Waals surface area (Å²) in [5, 5.41) is 0. The molecule has 8 heteroatoms. The molecule has 0 radical (unpaired) electrons. The van der Waals surface area contributed by atoms with Crippen molar-refractivity contribution in [3.8, 4) is 5.75 Å². The average molecular weight is 344 g/mol. The van der Waals surface area contributed by atoms with Crippen LogP contribution in [0.5, 0.6) is 5.75 Å². The second-order valence-electron chi connectivity index (χ2n) is 5.87. The number of amides is 2. The Morgan fingerprint density at radius 1 is 1.29 bits per heavy atom. The van der Waals surface area contributed by atoms with E-state index in [9.17, 15) is 22.8 Å². The van der Waals surface area contributed by atoms with Crippen molar-refractivity contribution in [3.63, 3.8) is 0 Å². The number of hydrogen-bond acceptors (Lipinski definition) is 3. The zero-order valence-corrected chi connectivity index (χ0v) is 13.2. The number of ether oxygens (including phenoxy) is 1. The van der Waals surface area contributed by atoms with Gasteiger partial charge in [-0.1, -0.05) is 18.9 Å². The number of carbonyl (C=O) groups excluding carboxylic acids is 2. The average Bonchev–Trinajstić information content (AvgIpc) is 3.02. The molecule has 132 valence electrons. The predicted octanol–water partition coefficient (Wildman–Crippen LogP) is 2.34. The molecule has 2 N–H and O–H groups in total. The molecule has 0 heterocycles. The number of alkyl halides is 3. The van der Waals surface area contributed by atoms with Gasteiger partial charge in [0.05, 0.1) is 5.56 Å². The summed E-state index contributed by atoms with van der Waals surface area (Å²) in [7, 11) is 1.47. The van der Waals surface area contributed by atoms with Crippen molar-refractivity contribution in [3.05, 3.63) is 29.8 Å². The number of likely N-dealkylation sites (N-methyl/N-ethyl adjacent to an activating group) is 1. The van der Waals surface area contributed by atoms with Gasteiger partial charge >= 0.3 is 6.18 Å². The lowest BCUT2D eigenvalue weighted by Crippen LogP contribution is -2.57. The maximum Gasteiger partial charge on any atom is 0.416 e. The fourth-order valence-corrected chi connectivity index (χ4v) is 2.95. The molecule has 0 spiro atoms. The van der Waals surface area contributed by atoms with Crippen LogP contribution in [0.15, 0.2) is 24.3 Å². The molecule has 24 heavy (non-hydrogen) atoms. The second-order valence-corrected chi connectivity index (χ2v) is 5.87. The summed E-state index contributed by atoms with van der Waals surface area (Å²) >= 11 is 0. The summed E-state index contributed by atoms with van der Waals surface area (Å²) in [4.78, 5) is 25.3. The van der Waals surface area contributed by atoms with Gasteiger partial charge in [0.2, 0.25) is 5.91 Å². The lowest BCUT2D eigenvalue weighted by atomic mass is 9.94. The van der Waals surface area contributed by atoms with Crippen molar-refractivity contribution in [1.29, 1.82) is 0 Å². The molecule has 1 aliphatic rings. The summed E-state index contributed by atoms with van der Waals surface area (Å²) in [5.41, 5.74) is 3.56. The fraction of sp³-hybridized carbons (Fsp3) is 0.500. The summed E-state index contributed by atoms with van der Waals surface area (Å²) in [6.07, 6.45) is -1.95. The standard InChI is InChI=1S/C16H19F3N2O3/c1-21(15(14(20)23)7-2-3-8-15)13(22)10-24-12-6-4-5-11(9-12)16(17,18)19/h4-6,9H,2-3,7-8,10H2,1H3,(H2,20,23). The van der Waals surface area contributed by atoms with E-state index < -0.39 is 35.7 Å². The van der Waals surface area contributed by atoms with Gasteiger partial charge in [-0.3, -0.25) is 9.59 Å². The van der Waals surface area contributed by atoms with Gasteiger partial charge in [-0.2, -0.15) is 13.2 Å². The number of nitrogens with zero attached hydrogens (tertiary/aromatic N) is 1. The molecule has 0 unspecified atom stereocenters. The molecule has 5 nitrogen and oxygen atoms in total. The van der Waals surface area contributed by atoms with Gasteiger partial charge in [-0.15, -0.1) is 0 Å². The van der Waals surface area contributed by atoms with Crippen molar-refractivity contribution >= 4 is 11.8 Å². The molecule has 2 amide bonds. The summed E-state index contributed by atoms with van der Waals surface area (Å²) in [5.74, 6) is -1.14. The first kappa shape index (κ1) is 18.1. The van der Waals surface area contributed by atoms with Crippen molar-refractivity contribution in [1.82, 2.24) is 4.90 Å². The highest BCUT2D eigenvalue weighted by molar-refractivity contribution is 5.91. The number of hydrogen-bond donors (Lipinski definition) is 1. The lowest BCUT2D eigenvalue weighted by molar-refractivity contribution is -0.145. The zero-order valence-electron chi connectivity index (χ0n) is 13.2. The van der Waals surface area contributed by atoms with E-state index in [4.69, 9.17) is 10.5 Å². The van der Waals surface area contributed by atoms with Gasteiger partial charge in [-0.05, 0) is 31.0 Å². The van der Waals surface area contributed by atoms with Gasteiger partial charge in [0, 0.05) is 7.05 Å². The molecule has 1 aromatic carbocycles. The summed E-state index contributed by atoms with van der Waals surface area (Å²) in [6, 6.07) is 4.28. The molecule has 1 aromatic rings. The number of benzene rings is 1. The molecule has 1 aliphatic carbocycles. The molecule has 0 saturated heterocycles. The molecule has 2 rings (SSSR count). The third kappa shape index (κ3) is 3.63. The van der Waals surface area contributed by atoms with Crippen molar-refractivity contribution in [2.75, 3.05) is 13.7 Å². The van der Waals surface area contributed by atoms with Crippen LogP contribution in [0.25, 0.3) is 0 Å². The van der Waals surface area contributed by atoms with Crippen molar-refractivity contribution in [2.24, 2.45) is 5.73 Å². The maximum atomic E-state index is 12.7. The Bertz CT molecular complexity index is 625. The predicted molar refractivity (Wildman–Crippen MR) is 80.1 cm³/mol. The van der Waals surface area contributed by atoms with Crippen LogP contribution in [0.4, 0.5) is 13.2 Å². The summed E-state index contributed by atoms with van der Waals surface area (Å²) in [6.45, 7) is -0.465. The number of primary amides is 1. The molecule has 0 aromatic heterocycles. The smallest absolute Gasteiger partial charge is 0.416 e. The van der Waals surface area contributed by atoms with Gasteiger partial charge < -0.3 is 15.4 Å². The number of halogens is 3. The molecule has 0 atom stereocenters. The zero-order chi connectivity index (χ0) is 18.0. The molecule has 1 fully saturated rings. The van der Waals surface area contributed by atoms with E-state index in [0.29, 0.717) is 12.8 Å². The minimum absolute atomic E-state index is 0.0638. The molecular weight excluding hydrogens is 325 g/mol. The van der Waals surface area contributed by atoms with Gasteiger partial charge in [0.1, 0.15) is 11.3 Å². The van der Waals surface area contributed by atoms with Crippen LogP contribution in [-0.2, 0) is 15.8 Å². The van der Waals surface area contributed by atoms with E-state index in [1.165, 1.54) is 24.1 Å². The Morgan fingerprint density at radius 2 is 1.92 bits per heavy atom. The topological polar surface area (TPSA) is 72.6 Å². The Kier molecular flexibility index (Phi) is 5.05. The first-order valence-corrected chi connectivity index (χ1v) is 7.53. The fourth-order valence-electron chi connectivity index (χ4n) is 2.95. The van der Waals surface area contributed by atoms with Gasteiger partial charge in [0.15, 0.2) is 6.61 Å². The van der Waals surface area contributed by atoms with Crippen LogP contribution in [0, 0.1) is 0 Å². The van der Waals surface area contributed by atoms with E-state index in [-0.39, 0.29) is 5.75 Å². The summed E-state index contributed by atoms with van der Waals surface area (Å²) < 4.78 is 43.1.